The van der Waals surface area contributed by atoms with Crippen molar-refractivity contribution in [2.45, 2.75) is 12.2 Å². The van der Waals surface area contributed by atoms with E-state index in [1.807, 2.05) is 0 Å². The van der Waals surface area contributed by atoms with Crippen molar-refractivity contribution in [2.75, 3.05) is 26.2 Å². The average Bonchev–Trinajstić information content (AvgIpc) is 2.67. The summed E-state index contributed by atoms with van der Waals surface area (Å²) in [6.45, 7) is 1.17. The number of sulfonamides is 1. The molecule has 1 aliphatic heterocycles. The third kappa shape index (κ3) is 3.92. The van der Waals surface area contributed by atoms with Gasteiger partial charge in [-0.25, -0.2) is 17.6 Å². The Morgan fingerprint density at radius 1 is 1.19 bits per heavy atom. The van der Waals surface area contributed by atoms with E-state index < -0.39 is 21.9 Å². The number of nitrogens with two attached hydrogens (primary N) is 1. The van der Waals surface area contributed by atoms with Crippen molar-refractivity contribution >= 4 is 16.1 Å². The molecule has 116 valence electrons. The summed E-state index contributed by atoms with van der Waals surface area (Å²) in [5.74, 6) is -0.911. The molecular formula is C13H18FN3O3S. The fraction of sp³-hybridized carbons (Fsp3) is 0.462. The quantitative estimate of drug-likeness (QED) is 0.893. The van der Waals surface area contributed by atoms with E-state index in [4.69, 9.17) is 5.73 Å². The van der Waals surface area contributed by atoms with Gasteiger partial charge in [-0.3, -0.25) is 0 Å². The molecule has 0 spiro atoms. The van der Waals surface area contributed by atoms with Crippen LogP contribution in [0.25, 0.3) is 0 Å². The van der Waals surface area contributed by atoms with Gasteiger partial charge in [-0.1, -0.05) is 18.2 Å². The third-order valence-corrected chi connectivity index (χ3v) is 5.28. The van der Waals surface area contributed by atoms with E-state index in [-0.39, 0.29) is 24.4 Å². The van der Waals surface area contributed by atoms with Gasteiger partial charge in [0.15, 0.2) is 0 Å². The Kier molecular flexibility index (Phi) is 4.79. The van der Waals surface area contributed by atoms with Crippen molar-refractivity contribution in [2.24, 2.45) is 5.73 Å². The number of nitrogens with zero attached hydrogens (tertiary/aromatic N) is 2. The Labute approximate surface area is 123 Å². The first-order valence-corrected chi connectivity index (χ1v) is 8.26. The zero-order valence-electron chi connectivity index (χ0n) is 11.5. The lowest BCUT2D eigenvalue weighted by Crippen LogP contribution is -2.40. The van der Waals surface area contributed by atoms with Crippen LogP contribution in [0.3, 0.4) is 0 Å². The van der Waals surface area contributed by atoms with Gasteiger partial charge >= 0.3 is 6.03 Å². The molecule has 1 fully saturated rings. The summed E-state index contributed by atoms with van der Waals surface area (Å²) in [7, 11) is -3.62. The Morgan fingerprint density at radius 3 is 2.57 bits per heavy atom. The summed E-state index contributed by atoms with van der Waals surface area (Å²) in [6, 6.07) is 5.26. The minimum Gasteiger partial charge on any atom is -0.351 e. The first-order chi connectivity index (χ1) is 9.90. The molecule has 8 heteroatoms. The monoisotopic (exact) mass is 315 g/mol. The maximum absolute atomic E-state index is 13.6. The molecule has 1 aliphatic rings. The van der Waals surface area contributed by atoms with Gasteiger partial charge in [0, 0.05) is 31.7 Å². The van der Waals surface area contributed by atoms with Crippen LogP contribution < -0.4 is 5.73 Å². The van der Waals surface area contributed by atoms with Gasteiger partial charge in [0.05, 0.1) is 5.75 Å². The van der Waals surface area contributed by atoms with Crippen molar-refractivity contribution in [3.63, 3.8) is 0 Å². The zero-order valence-corrected chi connectivity index (χ0v) is 12.4. The van der Waals surface area contributed by atoms with Gasteiger partial charge in [-0.15, -0.1) is 0 Å². The van der Waals surface area contributed by atoms with Crippen LogP contribution in [0.4, 0.5) is 9.18 Å². The molecule has 1 aromatic rings. The number of carbonyl (C=O) groups is 1. The van der Waals surface area contributed by atoms with Gasteiger partial charge in [0.1, 0.15) is 5.82 Å². The van der Waals surface area contributed by atoms with Crippen LogP contribution in [0, 0.1) is 5.82 Å². The van der Waals surface area contributed by atoms with Gasteiger partial charge < -0.3 is 10.6 Å². The molecule has 6 nitrogen and oxygen atoms in total. The van der Waals surface area contributed by atoms with Gasteiger partial charge in [-0.2, -0.15) is 4.31 Å². The number of hydrogen-bond donors (Lipinski definition) is 1. The molecule has 2 N–H and O–H groups in total. The van der Waals surface area contributed by atoms with Crippen LogP contribution in [0.1, 0.15) is 12.0 Å². The summed E-state index contributed by atoms with van der Waals surface area (Å²) >= 11 is 0. The second kappa shape index (κ2) is 6.40. The van der Waals surface area contributed by atoms with Crippen molar-refractivity contribution in [3.8, 4) is 0 Å². The van der Waals surface area contributed by atoms with E-state index in [0.29, 0.717) is 19.5 Å². The number of primary amides is 1. The normalized spacial score (nSPS) is 17.5. The summed E-state index contributed by atoms with van der Waals surface area (Å²) in [5, 5.41) is 0. The molecular weight excluding hydrogens is 297 g/mol. The highest BCUT2D eigenvalue weighted by molar-refractivity contribution is 7.88. The van der Waals surface area contributed by atoms with Crippen molar-refractivity contribution < 1.29 is 17.6 Å². The van der Waals surface area contributed by atoms with Gasteiger partial charge in [0.2, 0.25) is 10.0 Å². The lowest BCUT2D eigenvalue weighted by atomic mass is 10.2. The molecule has 0 bridgehead atoms. The fourth-order valence-electron chi connectivity index (χ4n) is 2.30. The first-order valence-electron chi connectivity index (χ1n) is 6.66. The van der Waals surface area contributed by atoms with Crippen LogP contribution in [0.2, 0.25) is 0 Å². The van der Waals surface area contributed by atoms with E-state index in [2.05, 4.69) is 0 Å². The predicted octanol–water partition coefficient (Wildman–Crippen LogP) is 0.742. The number of halogens is 1. The Bertz CT molecular complexity index is 621. The fourth-order valence-corrected chi connectivity index (χ4v) is 3.87. The van der Waals surface area contributed by atoms with E-state index in [9.17, 15) is 17.6 Å². The molecule has 1 aromatic carbocycles. The topological polar surface area (TPSA) is 83.7 Å². The number of urea groups is 1. The second-order valence-electron chi connectivity index (χ2n) is 4.93. The standard InChI is InChI=1S/C13H18FN3O3S/c14-12-5-2-1-4-11(12)10-21(19,20)17-7-3-6-16(8-9-17)13(15)18/h1-2,4-5H,3,6-10H2,(H2,15,18). The summed E-state index contributed by atoms with van der Waals surface area (Å²) < 4.78 is 39.6. The Balaban J connectivity index is 2.09. The number of benzene rings is 1. The van der Waals surface area contributed by atoms with Crippen molar-refractivity contribution in [3.05, 3.63) is 35.6 Å². The molecule has 21 heavy (non-hydrogen) atoms. The smallest absolute Gasteiger partial charge is 0.314 e. The summed E-state index contributed by atoms with van der Waals surface area (Å²) in [5.41, 5.74) is 5.35. The molecule has 0 aromatic heterocycles. The highest BCUT2D eigenvalue weighted by atomic mass is 32.2. The van der Waals surface area contributed by atoms with Gasteiger partial charge in [0.25, 0.3) is 0 Å². The highest BCUT2D eigenvalue weighted by Crippen LogP contribution is 2.16. The van der Waals surface area contributed by atoms with Crippen LogP contribution in [-0.4, -0.2) is 49.8 Å². The van der Waals surface area contributed by atoms with E-state index >= 15 is 0 Å². The lowest BCUT2D eigenvalue weighted by molar-refractivity contribution is 0.210. The largest absolute Gasteiger partial charge is 0.351 e. The minimum absolute atomic E-state index is 0.147. The maximum atomic E-state index is 13.6. The zero-order chi connectivity index (χ0) is 15.5. The third-order valence-electron chi connectivity index (χ3n) is 3.46. The van der Waals surface area contributed by atoms with Crippen LogP contribution >= 0.6 is 0 Å². The lowest BCUT2D eigenvalue weighted by Gasteiger charge is -2.21. The second-order valence-corrected chi connectivity index (χ2v) is 6.89. The van der Waals surface area contributed by atoms with Gasteiger partial charge in [-0.05, 0) is 12.5 Å². The molecule has 2 amide bonds. The molecule has 0 radical (unpaired) electrons. The number of carbonyl (C=O) groups excluding carboxylic acids is 1. The number of rotatable bonds is 3. The average molecular weight is 315 g/mol. The predicted molar refractivity (Wildman–Crippen MR) is 76.4 cm³/mol. The highest BCUT2D eigenvalue weighted by Gasteiger charge is 2.27. The van der Waals surface area contributed by atoms with Crippen LogP contribution in [-0.2, 0) is 15.8 Å². The van der Waals surface area contributed by atoms with Crippen LogP contribution in [0.15, 0.2) is 24.3 Å². The molecule has 1 saturated heterocycles. The molecule has 0 aliphatic carbocycles. The van der Waals surface area contributed by atoms with E-state index in [0.717, 1.165) is 0 Å². The summed E-state index contributed by atoms with van der Waals surface area (Å²) in [6.07, 6.45) is 0.513. The maximum Gasteiger partial charge on any atom is 0.314 e. The van der Waals surface area contributed by atoms with Crippen LogP contribution in [0.5, 0.6) is 0 Å². The molecule has 0 saturated carbocycles. The van der Waals surface area contributed by atoms with Crippen molar-refractivity contribution in [1.82, 2.24) is 9.21 Å². The molecule has 2 rings (SSSR count). The number of hydrogen-bond acceptors (Lipinski definition) is 3. The first kappa shape index (κ1) is 15.7. The molecule has 1 heterocycles. The summed E-state index contributed by atoms with van der Waals surface area (Å²) in [4.78, 5) is 12.5. The molecule has 0 unspecified atom stereocenters. The van der Waals surface area contributed by atoms with E-state index in [1.54, 1.807) is 6.07 Å². The Morgan fingerprint density at radius 2 is 1.90 bits per heavy atom. The van der Waals surface area contributed by atoms with Crippen molar-refractivity contribution in [1.29, 1.82) is 0 Å². The van der Waals surface area contributed by atoms with E-state index in [1.165, 1.54) is 27.4 Å². The SMILES string of the molecule is NC(=O)N1CCCN(S(=O)(=O)Cc2ccccc2F)CC1. The number of amides is 2. The minimum atomic E-state index is -3.62. The molecule has 0 atom stereocenters. The Hall–Kier alpha value is -1.67.